The number of hydrogen-bond donors (Lipinski definition) is 1. The van der Waals surface area contributed by atoms with Gasteiger partial charge in [0, 0.05) is 25.3 Å². The summed E-state index contributed by atoms with van der Waals surface area (Å²) < 4.78 is 1.79. The second-order valence-electron chi connectivity index (χ2n) is 5.71. The van der Waals surface area contributed by atoms with Gasteiger partial charge in [-0.15, -0.1) is 15.3 Å². The third-order valence-electron chi connectivity index (χ3n) is 4.16. The second kappa shape index (κ2) is 5.79. The van der Waals surface area contributed by atoms with Crippen LogP contribution in [0.25, 0.3) is 5.65 Å². The summed E-state index contributed by atoms with van der Waals surface area (Å²) in [6.07, 6.45) is 5.42. The molecule has 1 N–H and O–H groups in total. The third-order valence-corrected chi connectivity index (χ3v) is 4.16. The molecular weight excluding hydrogens is 292 g/mol. The van der Waals surface area contributed by atoms with Crippen molar-refractivity contribution in [2.75, 3.05) is 23.3 Å². The molecule has 0 bridgehead atoms. The first-order valence-corrected chi connectivity index (χ1v) is 7.76. The van der Waals surface area contributed by atoms with Crippen LogP contribution < -0.4 is 10.2 Å². The van der Waals surface area contributed by atoms with Crippen molar-refractivity contribution in [2.24, 2.45) is 0 Å². The van der Waals surface area contributed by atoms with Crippen molar-refractivity contribution in [3.8, 4) is 0 Å². The molecule has 3 aromatic heterocycles. The van der Waals surface area contributed by atoms with Crippen LogP contribution in [0.2, 0.25) is 0 Å². The van der Waals surface area contributed by atoms with E-state index < -0.39 is 0 Å². The van der Waals surface area contributed by atoms with E-state index in [9.17, 15) is 0 Å². The van der Waals surface area contributed by atoms with Crippen molar-refractivity contribution < 1.29 is 0 Å². The van der Waals surface area contributed by atoms with Crippen LogP contribution in [0.4, 0.5) is 11.6 Å². The number of nitrogens with one attached hydrogen (secondary N) is 1. The number of hydrogen-bond acceptors (Lipinski definition) is 7. The molecular formula is C15H18N8. The predicted octanol–water partition coefficient (Wildman–Crippen LogP) is 1.30. The van der Waals surface area contributed by atoms with Crippen molar-refractivity contribution in [2.45, 2.75) is 25.8 Å². The fourth-order valence-corrected chi connectivity index (χ4v) is 2.89. The van der Waals surface area contributed by atoms with Crippen molar-refractivity contribution in [1.82, 2.24) is 29.8 Å². The molecule has 1 fully saturated rings. The first kappa shape index (κ1) is 13.9. The van der Waals surface area contributed by atoms with Crippen LogP contribution in [0.1, 0.15) is 18.7 Å². The SMILES string of the molecule is Cc1nnc2ccc(N3CCC(Nc4ccncn4)CC3)nn12. The molecule has 8 nitrogen and oxygen atoms in total. The lowest BCUT2D eigenvalue weighted by Crippen LogP contribution is -2.39. The van der Waals surface area contributed by atoms with E-state index in [2.05, 4.69) is 35.5 Å². The summed E-state index contributed by atoms with van der Waals surface area (Å²) in [4.78, 5) is 10.5. The molecule has 0 aliphatic carbocycles. The third kappa shape index (κ3) is 2.79. The van der Waals surface area contributed by atoms with Gasteiger partial charge >= 0.3 is 0 Å². The van der Waals surface area contributed by atoms with Crippen molar-refractivity contribution in [3.63, 3.8) is 0 Å². The smallest absolute Gasteiger partial charge is 0.178 e. The zero-order valence-corrected chi connectivity index (χ0v) is 12.9. The molecule has 0 radical (unpaired) electrons. The molecule has 0 unspecified atom stereocenters. The Morgan fingerprint density at radius 3 is 2.78 bits per heavy atom. The Hall–Kier alpha value is -2.77. The van der Waals surface area contributed by atoms with Gasteiger partial charge in [-0.2, -0.15) is 4.52 Å². The Bertz CT molecular complexity index is 792. The van der Waals surface area contributed by atoms with Gasteiger partial charge in [0.15, 0.2) is 11.5 Å². The molecule has 0 atom stereocenters. The zero-order valence-electron chi connectivity index (χ0n) is 12.9. The van der Waals surface area contributed by atoms with Crippen LogP contribution >= 0.6 is 0 Å². The lowest BCUT2D eigenvalue weighted by Gasteiger charge is -2.33. The number of aryl methyl sites for hydroxylation is 1. The van der Waals surface area contributed by atoms with Gasteiger partial charge in [0.1, 0.15) is 18.0 Å². The minimum absolute atomic E-state index is 0.432. The zero-order chi connectivity index (χ0) is 15.6. The van der Waals surface area contributed by atoms with Gasteiger partial charge in [-0.05, 0) is 38.0 Å². The van der Waals surface area contributed by atoms with E-state index in [1.807, 2.05) is 25.1 Å². The molecule has 4 heterocycles. The maximum absolute atomic E-state index is 4.64. The number of fused-ring (bicyclic) bond motifs is 1. The first-order chi connectivity index (χ1) is 11.3. The summed E-state index contributed by atoms with van der Waals surface area (Å²) in [5.41, 5.74) is 0.784. The minimum Gasteiger partial charge on any atom is -0.367 e. The van der Waals surface area contributed by atoms with Crippen molar-refractivity contribution in [1.29, 1.82) is 0 Å². The molecule has 118 valence electrons. The molecule has 1 aliphatic heterocycles. The number of rotatable bonds is 3. The highest BCUT2D eigenvalue weighted by Gasteiger charge is 2.21. The summed E-state index contributed by atoms with van der Waals surface area (Å²) in [6.45, 7) is 3.83. The first-order valence-electron chi connectivity index (χ1n) is 7.76. The standard InChI is InChI=1S/C15H18N8/c1-11-19-20-14-2-3-15(21-23(11)14)22-8-5-12(6-9-22)18-13-4-7-16-10-17-13/h2-4,7,10,12H,5-6,8-9H2,1H3,(H,16,17,18). The van der Waals surface area contributed by atoms with Crippen LogP contribution in [-0.4, -0.2) is 48.9 Å². The van der Waals surface area contributed by atoms with E-state index in [1.165, 1.54) is 0 Å². The molecule has 8 heteroatoms. The molecule has 23 heavy (non-hydrogen) atoms. The van der Waals surface area contributed by atoms with Crippen LogP contribution in [0.3, 0.4) is 0 Å². The number of aromatic nitrogens is 6. The average Bonchev–Trinajstić information content (AvgIpc) is 2.97. The van der Waals surface area contributed by atoms with Gasteiger partial charge in [0.2, 0.25) is 0 Å². The number of piperidine rings is 1. The Kier molecular flexibility index (Phi) is 3.49. The molecule has 0 amide bonds. The Balaban J connectivity index is 1.43. The van der Waals surface area contributed by atoms with Gasteiger partial charge in [-0.25, -0.2) is 9.97 Å². The normalized spacial score (nSPS) is 16.0. The fourth-order valence-electron chi connectivity index (χ4n) is 2.89. The van der Waals surface area contributed by atoms with Gasteiger partial charge in [-0.1, -0.05) is 0 Å². The van der Waals surface area contributed by atoms with Crippen LogP contribution in [0, 0.1) is 6.92 Å². The summed E-state index contributed by atoms with van der Waals surface area (Å²) in [7, 11) is 0. The number of nitrogens with zero attached hydrogens (tertiary/aromatic N) is 7. The maximum atomic E-state index is 4.64. The van der Waals surface area contributed by atoms with E-state index in [0.717, 1.165) is 49.0 Å². The highest BCUT2D eigenvalue weighted by molar-refractivity contribution is 5.46. The van der Waals surface area contributed by atoms with E-state index in [0.29, 0.717) is 6.04 Å². The Morgan fingerprint density at radius 2 is 2.00 bits per heavy atom. The predicted molar refractivity (Wildman–Crippen MR) is 86.4 cm³/mol. The van der Waals surface area contributed by atoms with Crippen molar-refractivity contribution in [3.05, 3.63) is 36.5 Å². The molecule has 4 rings (SSSR count). The quantitative estimate of drug-likeness (QED) is 0.780. The molecule has 0 spiro atoms. The largest absolute Gasteiger partial charge is 0.367 e. The lowest BCUT2D eigenvalue weighted by molar-refractivity contribution is 0.520. The lowest BCUT2D eigenvalue weighted by atomic mass is 10.1. The molecule has 3 aromatic rings. The topological polar surface area (TPSA) is 84.1 Å². The summed E-state index contributed by atoms with van der Waals surface area (Å²) in [6, 6.07) is 6.31. The highest BCUT2D eigenvalue weighted by atomic mass is 15.4. The van der Waals surface area contributed by atoms with E-state index in [4.69, 9.17) is 0 Å². The van der Waals surface area contributed by atoms with E-state index in [1.54, 1.807) is 17.0 Å². The molecule has 0 saturated carbocycles. The van der Waals surface area contributed by atoms with Gasteiger partial charge in [0.05, 0.1) is 0 Å². The van der Waals surface area contributed by atoms with Gasteiger partial charge < -0.3 is 10.2 Å². The van der Waals surface area contributed by atoms with Gasteiger partial charge in [-0.3, -0.25) is 0 Å². The average molecular weight is 310 g/mol. The van der Waals surface area contributed by atoms with Crippen molar-refractivity contribution >= 4 is 17.3 Å². The van der Waals surface area contributed by atoms with Crippen LogP contribution in [-0.2, 0) is 0 Å². The van der Waals surface area contributed by atoms with Crippen LogP contribution in [0.15, 0.2) is 30.7 Å². The summed E-state index contributed by atoms with van der Waals surface area (Å²) in [5.74, 6) is 2.67. The van der Waals surface area contributed by atoms with E-state index >= 15 is 0 Å². The van der Waals surface area contributed by atoms with Gasteiger partial charge in [0.25, 0.3) is 0 Å². The highest BCUT2D eigenvalue weighted by Crippen LogP contribution is 2.20. The Labute approximate surface area is 133 Å². The second-order valence-corrected chi connectivity index (χ2v) is 5.71. The maximum Gasteiger partial charge on any atom is 0.178 e. The van der Waals surface area contributed by atoms with E-state index in [-0.39, 0.29) is 0 Å². The molecule has 1 saturated heterocycles. The monoisotopic (exact) mass is 310 g/mol. The number of anilines is 2. The summed E-state index contributed by atoms with van der Waals surface area (Å²) >= 11 is 0. The Morgan fingerprint density at radius 1 is 1.13 bits per heavy atom. The fraction of sp³-hybridized carbons (Fsp3) is 0.400. The van der Waals surface area contributed by atoms with Crippen LogP contribution in [0.5, 0.6) is 0 Å². The molecule has 0 aromatic carbocycles. The summed E-state index contributed by atoms with van der Waals surface area (Å²) in [5, 5.41) is 16.2. The minimum atomic E-state index is 0.432. The molecule has 1 aliphatic rings.